The number of aliphatic hydroxyl groups excluding tert-OH is 1. The summed E-state index contributed by atoms with van der Waals surface area (Å²) in [6, 6.07) is 11.5. The van der Waals surface area contributed by atoms with Gasteiger partial charge in [0.15, 0.2) is 0 Å². The van der Waals surface area contributed by atoms with Crippen LogP contribution in [-0.2, 0) is 17.8 Å². The minimum absolute atomic E-state index is 0.139. The number of rotatable bonds is 6. The highest BCUT2D eigenvalue weighted by Crippen LogP contribution is 2.26. The molecule has 0 aliphatic carbocycles. The van der Waals surface area contributed by atoms with E-state index in [0.29, 0.717) is 43.4 Å². The molecule has 2 N–H and O–H groups in total. The second-order valence-electron chi connectivity index (χ2n) is 6.54. The van der Waals surface area contributed by atoms with E-state index in [9.17, 15) is 14.7 Å². The zero-order chi connectivity index (χ0) is 21.8. The quantitative estimate of drug-likeness (QED) is 0.565. The van der Waals surface area contributed by atoms with Crippen LogP contribution < -0.4 is 10.9 Å². The van der Waals surface area contributed by atoms with E-state index in [0.717, 1.165) is 0 Å². The maximum atomic E-state index is 13.1. The summed E-state index contributed by atoms with van der Waals surface area (Å²) in [5, 5.41) is 13.2. The van der Waals surface area contributed by atoms with E-state index >= 15 is 0 Å². The Bertz CT molecular complexity index is 1140. The molecule has 0 aliphatic heterocycles. The summed E-state index contributed by atoms with van der Waals surface area (Å²) in [5.74, 6) is -0.153. The average molecular weight is 467 g/mol. The van der Waals surface area contributed by atoms with Crippen LogP contribution in [0.15, 0.2) is 47.3 Å². The standard InChI is InChI=1S/C21H18Cl3N3O3/c1-12-16(8-9-28)21(30)27(20(25-12)13-2-4-14(22)5-3-13)11-19(29)26-18-10-15(23)6-7-17(18)24/h2-7,10,28H,8-9,11H2,1H3,(H,26,29). The molecular weight excluding hydrogens is 449 g/mol. The Labute approximate surface area is 188 Å². The molecule has 0 aliphatic rings. The molecule has 30 heavy (non-hydrogen) atoms. The van der Waals surface area contributed by atoms with Crippen molar-refractivity contribution in [3.8, 4) is 11.4 Å². The first-order valence-electron chi connectivity index (χ1n) is 9.02. The number of aromatic nitrogens is 2. The van der Waals surface area contributed by atoms with Gasteiger partial charge in [0.05, 0.1) is 10.7 Å². The third-order valence-corrected chi connectivity index (χ3v) is 5.25. The maximum absolute atomic E-state index is 13.1. The Balaban J connectivity index is 2.03. The molecule has 0 saturated carbocycles. The van der Waals surface area contributed by atoms with E-state index in [1.807, 2.05) is 0 Å². The molecule has 1 amide bonds. The lowest BCUT2D eigenvalue weighted by Gasteiger charge is -2.16. The largest absolute Gasteiger partial charge is 0.396 e. The maximum Gasteiger partial charge on any atom is 0.257 e. The first-order valence-corrected chi connectivity index (χ1v) is 10.2. The van der Waals surface area contributed by atoms with Gasteiger partial charge >= 0.3 is 0 Å². The number of benzene rings is 2. The topological polar surface area (TPSA) is 84.2 Å². The van der Waals surface area contributed by atoms with E-state index in [-0.39, 0.29) is 19.6 Å². The Morgan fingerprint density at radius 1 is 1.10 bits per heavy atom. The van der Waals surface area contributed by atoms with Crippen LogP contribution in [0.25, 0.3) is 11.4 Å². The third-order valence-electron chi connectivity index (χ3n) is 4.44. The Kier molecular flexibility index (Phi) is 7.15. The fourth-order valence-electron chi connectivity index (χ4n) is 2.99. The molecule has 2 aromatic carbocycles. The summed E-state index contributed by atoms with van der Waals surface area (Å²) in [4.78, 5) is 30.4. The van der Waals surface area contributed by atoms with Crippen LogP contribution in [0, 0.1) is 6.92 Å². The van der Waals surface area contributed by atoms with E-state index in [1.54, 1.807) is 43.3 Å². The lowest BCUT2D eigenvalue weighted by atomic mass is 10.1. The van der Waals surface area contributed by atoms with E-state index in [1.165, 1.54) is 10.6 Å². The molecule has 3 aromatic rings. The summed E-state index contributed by atoms with van der Waals surface area (Å²) in [6.07, 6.45) is 0.139. The number of halogens is 3. The minimum atomic E-state index is -0.475. The second-order valence-corrected chi connectivity index (χ2v) is 7.82. The van der Waals surface area contributed by atoms with E-state index in [4.69, 9.17) is 34.8 Å². The van der Waals surface area contributed by atoms with Gasteiger partial charge in [0, 0.05) is 39.9 Å². The minimum Gasteiger partial charge on any atom is -0.396 e. The Hall–Kier alpha value is -2.38. The molecule has 9 heteroatoms. The van der Waals surface area contributed by atoms with Crippen LogP contribution >= 0.6 is 34.8 Å². The van der Waals surface area contributed by atoms with Crippen LogP contribution in [0.2, 0.25) is 15.1 Å². The zero-order valence-electron chi connectivity index (χ0n) is 16.0. The lowest BCUT2D eigenvalue weighted by Crippen LogP contribution is -2.33. The van der Waals surface area contributed by atoms with Gasteiger partial charge in [-0.2, -0.15) is 0 Å². The van der Waals surface area contributed by atoms with Gasteiger partial charge in [-0.3, -0.25) is 14.2 Å². The highest BCUT2D eigenvalue weighted by molar-refractivity contribution is 6.35. The van der Waals surface area contributed by atoms with Crippen molar-refractivity contribution >= 4 is 46.4 Å². The number of aliphatic hydroxyl groups is 1. The molecule has 0 fully saturated rings. The molecule has 1 aromatic heterocycles. The summed E-state index contributed by atoms with van der Waals surface area (Å²) < 4.78 is 1.27. The normalized spacial score (nSPS) is 10.8. The van der Waals surface area contributed by atoms with Crippen LogP contribution in [-0.4, -0.2) is 27.2 Å². The van der Waals surface area contributed by atoms with Gasteiger partial charge in [-0.25, -0.2) is 4.98 Å². The number of nitrogens with one attached hydrogen (secondary N) is 1. The number of carbonyl (C=O) groups is 1. The van der Waals surface area contributed by atoms with E-state index < -0.39 is 11.5 Å². The predicted molar refractivity (Wildman–Crippen MR) is 120 cm³/mol. The summed E-state index contributed by atoms with van der Waals surface area (Å²) in [7, 11) is 0. The number of carbonyl (C=O) groups excluding carboxylic acids is 1. The number of hydrogen-bond acceptors (Lipinski definition) is 4. The molecule has 0 radical (unpaired) electrons. The summed E-state index contributed by atoms with van der Waals surface area (Å²) in [6.45, 7) is 1.19. The highest BCUT2D eigenvalue weighted by atomic mass is 35.5. The fraction of sp³-hybridized carbons (Fsp3) is 0.190. The van der Waals surface area contributed by atoms with Gasteiger partial charge in [0.1, 0.15) is 12.4 Å². The first-order chi connectivity index (χ1) is 14.3. The molecule has 0 saturated heterocycles. The molecular formula is C21H18Cl3N3O3. The Morgan fingerprint density at radius 2 is 1.77 bits per heavy atom. The van der Waals surface area contributed by atoms with Gasteiger partial charge < -0.3 is 10.4 Å². The Morgan fingerprint density at radius 3 is 2.43 bits per heavy atom. The van der Waals surface area contributed by atoms with Crippen molar-refractivity contribution in [2.75, 3.05) is 11.9 Å². The highest BCUT2D eigenvalue weighted by Gasteiger charge is 2.18. The van der Waals surface area contributed by atoms with Gasteiger partial charge in [-0.05, 0) is 49.4 Å². The van der Waals surface area contributed by atoms with Crippen LogP contribution in [0.5, 0.6) is 0 Å². The van der Waals surface area contributed by atoms with Crippen LogP contribution in [0.4, 0.5) is 5.69 Å². The number of amides is 1. The molecule has 0 atom stereocenters. The molecule has 6 nitrogen and oxygen atoms in total. The van der Waals surface area contributed by atoms with Crippen LogP contribution in [0.3, 0.4) is 0 Å². The first kappa shape index (κ1) is 22.3. The molecule has 3 rings (SSSR count). The van der Waals surface area contributed by atoms with Crippen molar-refractivity contribution < 1.29 is 9.90 Å². The SMILES string of the molecule is Cc1nc(-c2ccc(Cl)cc2)n(CC(=O)Nc2cc(Cl)ccc2Cl)c(=O)c1CCO. The van der Waals surface area contributed by atoms with Crippen LogP contribution in [0.1, 0.15) is 11.3 Å². The third kappa shape index (κ3) is 5.02. The number of hydrogen-bond donors (Lipinski definition) is 2. The van der Waals surface area contributed by atoms with Gasteiger partial charge in [-0.15, -0.1) is 0 Å². The summed E-state index contributed by atoms with van der Waals surface area (Å²) in [5.41, 5.74) is 1.42. The van der Waals surface area contributed by atoms with Crippen molar-refractivity contribution in [2.45, 2.75) is 19.9 Å². The second kappa shape index (κ2) is 9.62. The molecule has 0 spiro atoms. The zero-order valence-corrected chi connectivity index (χ0v) is 18.2. The van der Waals surface area contributed by atoms with Crippen molar-refractivity contribution in [3.63, 3.8) is 0 Å². The molecule has 1 heterocycles. The predicted octanol–water partition coefficient (Wildman–Crippen LogP) is 4.35. The molecule has 0 bridgehead atoms. The number of aryl methyl sites for hydroxylation is 1. The van der Waals surface area contributed by atoms with Crippen molar-refractivity contribution in [2.24, 2.45) is 0 Å². The lowest BCUT2D eigenvalue weighted by molar-refractivity contribution is -0.116. The van der Waals surface area contributed by atoms with E-state index in [2.05, 4.69) is 10.3 Å². The smallest absolute Gasteiger partial charge is 0.257 e. The number of nitrogens with zero attached hydrogens (tertiary/aromatic N) is 2. The average Bonchev–Trinajstić information content (AvgIpc) is 2.70. The van der Waals surface area contributed by atoms with Gasteiger partial charge in [0.25, 0.3) is 5.56 Å². The monoisotopic (exact) mass is 465 g/mol. The van der Waals surface area contributed by atoms with Crippen molar-refractivity contribution in [3.05, 3.63) is 79.1 Å². The van der Waals surface area contributed by atoms with Gasteiger partial charge in [-0.1, -0.05) is 34.8 Å². The number of anilines is 1. The molecule has 0 unspecified atom stereocenters. The summed E-state index contributed by atoms with van der Waals surface area (Å²) >= 11 is 18.0. The molecule has 156 valence electrons. The fourth-order valence-corrected chi connectivity index (χ4v) is 3.46. The van der Waals surface area contributed by atoms with Crippen molar-refractivity contribution in [1.82, 2.24) is 9.55 Å². The van der Waals surface area contributed by atoms with Gasteiger partial charge in [0.2, 0.25) is 5.91 Å². The van der Waals surface area contributed by atoms with Crippen molar-refractivity contribution in [1.29, 1.82) is 0 Å².